The number of rotatable bonds is 6. The van der Waals surface area contributed by atoms with Crippen LogP contribution in [0.3, 0.4) is 0 Å². The Morgan fingerprint density at radius 1 is 1.00 bits per heavy atom. The van der Waals surface area contributed by atoms with Gasteiger partial charge in [-0.1, -0.05) is 41.6 Å². The molecule has 0 spiro atoms. The van der Waals surface area contributed by atoms with E-state index in [-0.39, 0.29) is 4.90 Å². The van der Waals surface area contributed by atoms with Crippen molar-refractivity contribution in [2.45, 2.75) is 30.5 Å². The van der Waals surface area contributed by atoms with Crippen LogP contribution >= 0.6 is 0 Å². The molecule has 1 radical (unpaired) electrons. The Hall–Kier alpha value is -3.36. The normalized spacial score (nSPS) is 11.7. The van der Waals surface area contributed by atoms with Gasteiger partial charge >= 0.3 is 0 Å². The molecule has 0 bridgehead atoms. The van der Waals surface area contributed by atoms with Crippen molar-refractivity contribution >= 4 is 9.84 Å². The highest BCUT2D eigenvalue weighted by atomic mass is 32.2. The number of hydrogen-bond acceptors (Lipinski definition) is 7. The number of nitrogens with two attached hydrogens (primary N) is 1. The second kappa shape index (κ2) is 8.41. The monoisotopic (exact) mass is 433 g/mol. The third-order valence-electron chi connectivity index (χ3n) is 4.92. The van der Waals surface area contributed by atoms with Gasteiger partial charge in [-0.25, -0.2) is 18.4 Å². The van der Waals surface area contributed by atoms with Gasteiger partial charge in [-0.3, -0.25) is 0 Å². The van der Waals surface area contributed by atoms with Crippen molar-refractivity contribution in [2.24, 2.45) is 5.73 Å². The molecule has 7 nitrogen and oxygen atoms in total. The average Bonchev–Trinajstić information content (AvgIpc) is 3.29. The fraction of sp³-hybridized carbons (Fsp3) is 0.174. The molecular formula is C23H21N4O3S. The van der Waals surface area contributed by atoms with Gasteiger partial charge in [-0.2, -0.15) is 0 Å². The number of sulfone groups is 1. The lowest BCUT2D eigenvalue weighted by atomic mass is 10.1. The zero-order valence-electron chi connectivity index (χ0n) is 17.1. The minimum absolute atomic E-state index is 0.280. The highest BCUT2D eigenvalue weighted by molar-refractivity contribution is 7.92. The molecule has 157 valence electrons. The molecule has 0 amide bonds. The molecule has 31 heavy (non-hydrogen) atoms. The van der Waals surface area contributed by atoms with Crippen LogP contribution in [-0.2, 0) is 16.4 Å². The van der Waals surface area contributed by atoms with Crippen LogP contribution in [0.2, 0.25) is 0 Å². The second-order valence-corrected chi connectivity index (χ2v) is 9.82. The molecule has 4 rings (SSSR count). The van der Waals surface area contributed by atoms with Crippen LogP contribution in [0.4, 0.5) is 0 Å². The van der Waals surface area contributed by atoms with Gasteiger partial charge in [0.15, 0.2) is 15.6 Å². The van der Waals surface area contributed by atoms with E-state index in [2.05, 4.69) is 21.3 Å². The summed E-state index contributed by atoms with van der Waals surface area (Å²) in [7, 11) is -3.33. The van der Waals surface area contributed by atoms with Gasteiger partial charge in [0.05, 0.1) is 22.0 Å². The Morgan fingerprint density at radius 2 is 1.65 bits per heavy atom. The van der Waals surface area contributed by atoms with Crippen LogP contribution in [0.15, 0.2) is 70.2 Å². The highest BCUT2D eigenvalue weighted by Gasteiger charge is 2.19. The second-order valence-electron chi connectivity index (χ2n) is 7.31. The molecule has 2 N–H and O–H groups in total. The summed E-state index contributed by atoms with van der Waals surface area (Å²) in [5, 5.41) is 3.63. The summed E-state index contributed by atoms with van der Waals surface area (Å²) < 4.78 is 30.1. The molecular weight excluding hydrogens is 412 g/mol. The number of nitrogens with zero attached hydrogens (tertiary/aromatic N) is 3. The number of benzene rings is 2. The first-order valence-corrected chi connectivity index (χ1v) is 11.3. The van der Waals surface area contributed by atoms with E-state index < -0.39 is 15.1 Å². The maximum atomic E-state index is 12.3. The van der Waals surface area contributed by atoms with Crippen LogP contribution in [-0.4, -0.2) is 28.8 Å². The Kier molecular flexibility index (Phi) is 5.67. The maximum absolute atomic E-state index is 12.3. The van der Waals surface area contributed by atoms with Gasteiger partial charge in [-0.05, 0) is 31.5 Å². The quantitative estimate of drug-likeness (QED) is 0.491. The molecule has 2 aromatic heterocycles. The van der Waals surface area contributed by atoms with Gasteiger partial charge in [0.2, 0.25) is 0 Å². The summed E-state index contributed by atoms with van der Waals surface area (Å²) in [5.74, 6) is 0.436. The molecule has 2 aromatic carbocycles. The largest absolute Gasteiger partial charge is 0.354 e. The van der Waals surface area contributed by atoms with Gasteiger partial charge < -0.3 is 10.3 Å². The van der Waals surface area contributed by atoms with Crippen molar-refractivity contribution in [1.82, 2.24) is 15.1 Å². The first-order chi connectivity index (χ1) is 14.9. The molecule has 2 heterocycles. The van der Waals surface area contributed by atoms with Crippen LogP contribution in [0.1, 0.15) is 19.4 Å². The highest BCUT2D eigenvalue weighted by Crippen LogP contribution is 2.27. The standard InChI is InChI=1S/C23H21N4O3S/c1-15(2)31(28,29)19-9-7-18(8-10-19)21-13-25-14-22(26-21)23-11-20(27-30-23)17-5-3-16(12-24)4-6-17/h3-11,13,15H,12,24H2,1-2H3. The molecule has 0 fully saturated rings. The zero-order chi connectivity index (χ0) is 22.0. The summed E-state index contributed by atoms with van der Waals surface area (Å²) in [6.07, 6.45) is 4.39. The molecule has 0 saturated carbocycles. The van der Waals surface area contributed by atoms with E-state index in [1.807, 2.05) is 24.3 Å². The third kappa shape index (κ3) is 4.26. The molecule has 4 aromatic rings. The lowest BCUT2D eigenvalue weighted by Crippen LogP contribution is -2.13. The maximum Gasteiger partial charge on any atom is 0.188 e. The molecule has 8 heteroatoms. The van der Waals surface area contributed by atoms with E-state index in [4.69, 9.17) is 10.3 Å². The fourth-order valence-corrected chi connectivity index (χ4v) is 4.06. The predicted octanol–water partition coefficient (Wildman–Crippen LogP) is 3.91. The van der Waals surface area contributed by atoms with Gasteiger partial charge in [-0.15, -0.1) is 0 Å². The first kappa shape index (κ1) is 20.9. The Morgan fingerprint density at radius 3 is 2.29 bits per heavy atom. The minimum atomic E-state index is -3.33. The van der Waals surface area contributed by atoms with Crippen molar-refractivity contribution in [2.75, 3.05) is 0 Å². The molecule has 0 aliphatic heterocycles. The van der Waals surface area contributed by atoms with Crippen molar-refractivity contribution in [3.63, 3.8) is 0 Å². The van der Waals surface area contributed by atoms with Gasteiger partial charge in [0, 0.05) is 23.7 Å². The van der Waals surface area contributed by atoms with Crippen molar-refractivity contribution in [1.29, 1.82) is 0 Å². The predicted molar refractivity (Wildman–Crippen MR) is 117 cm³/mol. The average molecular weight is 434 g/mol. The van der Waals surface area contributed by atoms with E-state index in [1.54, 1.807) is 50.4 Å². The Labute approximate surface area is 180 Å². The number of aromatic nitrogens is 3. The van der Waals surface area contributed by atoms with E-state index >= 15 is 0 Å². The van der Waals surface area contributed by atoms with Crippen molar-refractivity contribution in [3.05, 3.63) is 72.6 Å². The smallest absolute Gasteiger partial charge is 0.188 e. The fourth-order valence-electron chi connectivity index (χ4n) is 3.00. The first-order valence-electron chi connectivity index (χ1n) is 9.74. The summed E-state index contributed by atoms with van der Waals surface area (Å²) in [4.78, 5) is 8.97. The van der Waals surface area contributed by atoms with E-state index in [9.17, 15) is 8.42 Å². The van der Waals surface area contributed by atoms with Crippen molar-refractivity contribution < 1.29 is 12.9 Å². The topological polar surface area (TPSA) is 112 Å². The summed E-state index contributed by atoms with van der Waals surface area (Å²) in [6.45, 7) is 3.80. The summed E-state index contributed by atoms with van der Waals surface area (Å²) >= 11 is 0. The van der Waals surface area contributed by atoms with E-state index in [0.717, 1.165) is 16.7 Å². The van der Waals surface area contributed by atoms with Crippen LogP contribution < -0.4 is 5.73 Å². The summed E-state index contributed by atoms with van der Waals surface area (Å²) in [5.41, 5.74) is 9.97. The third-order valence-corrected chi connectivity index (χ3v) is 7.09. The molecule has 0 saturated heterocycles. The van der Waals surface area contributed by atoms with E-state index in [1.165, 1.54) is 0 Å². The van der Waals surface area contributed by atoms with E-state index in [0.29, 0.717) is 29.4 Å². The Balaban J connectivity index is 1.61. The molecule has 0 aliphatic rings. The minimum Gasteiger partial charge on any atom is -0.354 e. The molecule has 0 aliphatic carbocycles. The lowest BCUT2D eigenvalue weighted by Gasteiger charge is -2.08. The van der Waals surface area contributed by atoms with Crippen LogP contribution in [0, 0.1) is 6.20 Å². The van der Waals surface area contributed by atoms with Crippen molar-refractivity contribution in [3.8, 4) is 34.0 Å². The molecule has 0 atom stereocenters. The Bertz CT molecular complexity index is 1300. The van der Waals surface area contributed by atoms with Crippen LogP contribution in [0.5, 0.6) is 0 Å². The van der Waals surface area contributed by atoms with Gasteiger partial charge in [0.25, 0.3) is 0 Å². The lowest BCUT2D eigenvalue weighted by molar-refractivity contribution is 0.433. The SMILES string of the molecule is CC(C)S(=O)(=O)c1ccc(-c2cn[c]c(-c3cc(-c4ccc(CN)cc4)no3)n2)cc1. The van der Waals surface area contributed by atoms with Crippen LogP contribution in [0.25, 0.3) is 34.0 Å². The summed E-state index contributed by atoms with van der Waals surface area (Å²) in [6, 6.07) is 16.1. The zero-order valence-corrected chi connectivity index (χ0v) is 17.9. The number of hydrogen-bond donors (Lipinski definition) is 1. The molecule has 0 unspecified atom stereocenters. The van der Waals surface area contributed by atoms with Gasteiger partial charge in [0.1, 0.15) is 17.6 Å².